The zero-order valence-electron chi connectivity index (χ0n) is 27.1. The van der Waals surface area contributed by atoms with Crippen LogP contribution in [0.4, 0.5) is 5.69 Å². The number of amides is 1. The molecule has 0 fully saturated rings. The lowest BCUT2D eigenvalue weighted by molar-refractivity contribution is 0.0827. The van der Waals surface area contributed by atoms with Gasteiger partial charge in [0.15, 0.2) is 0 Å². The zero-order valence-corrected chi connectivity index (χ0v) is 21.1. The summed E-state index contributed by atoms with van der Waals surface area (Å²) in [4.78, 5) is 32.9. The Hall–Kier alpha value is -4.17. The summed E-state index contributed by atoms with van der Waals surface area (Å²) in [6.45, 7) is -3.24. The molecule has 0 atom stereocenters. The predicted molar refractivity (Wildman–Crippen MR) is 151 cm³/mol. The molecule has 0 saturated carbocycles. The van der Waals surface area contributed by atoms with Crippen LogP contribution in [0.15, 0.2) is 65.7 Å². The summed E-state index contributed by atoms with van der Waals surface area (Å²) < 4.78 is 48.8. The summed E-state index contributed by atoms with van der Waals surface area (Å²) >= 11 is 0. The topological polar surface area (TPSA) is 75.4 Å². The maximum Gasteiger partial charge on any atom is 0.260 e. The Kier molecular flexibility index (Phi) is 4.59. The van der Waals surface area contributed by atoms with Gasteiger partial charge in [0.05, 0.1) is 5.69 Å². The van der Waals surface area contributed by atoms with Crippen molar-refractivity contribution >= 4 is 28.2 Å². The van der Waals surface area contributed by atoms with Gasteiger partial charge in [0.25, 0.3) is 11.5 Å². The van der Waals surface area contributed by atoms with E-state index in [1.165, 1.54) is 12.1 Å². The average Bonchev–Trinajstić information content (AvgIpc) is 3.57. The van der Waals surface area contributed by atoms with E-state index < -0.39 is 19.9 Å². The normalized spacial score (nSPS) is 18.3. The van der Waals surface area contributed by atoms with E-state index in [1.807, 2.05) is 25.4 Å². The summed E-state index contributed by atoms with van der Waals surface area (Å²) in [6.07, 6.45) is 7.15. The van der Waals surface area contributed by atoms with Crippen LogP contribution < -0.4 is 10.9 Å². The Morgan fingerprint density at radius 3 is 2.76 bits per heavy atom. The van der Waals surface area contributed by atoms with Crippen molar-refractivity contribution in [1.82, 2.24) is 23.9 Å². The van der Waals surface area contributed by atoms with E-state index in [-0.39, 0.29) is 16.0 Å². The number of aromatic nitrogens is 3. The van der Waals surface area contributed by atoms with Gasteiger partial charge in [-0.15, -0.1) is 0 Å². The van der Waals surface area contributed by atoms with Crippen LogP contribution in [0.5, 0.6) is 0 Å². The summed E-state index contributed by atoms with van der Waals surface area (Å²) in [6, 6.07) is 12.3. The van der Waals surface area contributed by atoms with E-state index in [9.17, 15) is 9.59 Å². The van der Waals surface area contributed by atoms with Gasteiger partial charge in [-0.3, -0.25) is 19.1 Å². The molecule has 0 bridgehead atoms. The summed E-state index contributed by atoms with van der Waals surface area (Å²) in [7, 11) is 1.98. The van der Waals surface area contributed by atoms with Gasteiger partial charge in [-0.2, -0.15) is 0 Å². The summed E-state index contributed by atoms with van der Waals surface area (Å²) in [5.41, 5.74) is 6.37. The molecule has 5 heterocycles. The highest BCUT2D eigenvalue weighted by Crippen LogP contribution is 2.28. The first-order valence-electron chi connectivity index (χ1n) is 15.6. The van der Waals surface area contributed by atoms with E-state index >= 15 is 0 Å². The van der Waals surface area contributed by atoms with Gasteiger partial charge < -0.3 is 14.8 Å². The lowest BCUT2D eigenvalue weighted by Crippen LogP contribution is -2.28. The van der Waals surface area contributed by atoms with Crippen LogP contribution in [0, 0.1) is 0 Å². The molecule has 1 amide bonds. The van der Waals surface area contributed by atoms with Crippen molar-refractivity contribution < 1.29 is 13.0 Å². The fraction of sp³-hybridized carbons (Fsp3) is 0.300. The Bertz CT molecular complexity index is 1820. The maximum atomic E-state index is 13.2. The second-order valence-corrected chi connectivity index (χ2v) is 9.75. The molecule has 0 saturated heterocycles. The van der Waals surface area contributed by atoms with Crippen molar-refractivity contribution in [2.45, 2.75) is 19.4 Å². The second kappa shape index (κ2) is 9.61. The Labute approximate surface area is 230 Å². The first kappa shape index (κ1) is 18.1. The SMILES string of the molecule is [2H]C([2H])([2H])N(C(=O)c1ccc(C2=CCN(Cc3cc4c(-n5ccc6c(c5=O)CCN6)ccnc4n3C)CC2)cc1)C([2H])([2H])[2H]. The number of nitrogens with one attached hydrogen (secondary N) is 1. The van der Waals surface area contributed by atoms with E-state index in [1.54, 1.807) is 22.9 Å². The Morgan fingerprint density at radius 1 is 1.16 bits per heavy atom. The number of fused-ring (bicyclic) bond motifs is 2. The van der Waals surface area contributed by atoms with Crippen molar-refractivity contribution in [3.05, 3.63) is 93.7 Å². The molecule has 3 aromatic heterocycles. The van der Waals surface area contributed by atoms with Crippen molar-refractivity contribution in [3.8, 4) is 5.69 Å². The average molecular weight is 515 g/mol. The standard InChI is InChI=1S/C30H32N6O2/c1-33(2)29(37)22-6-4-20(5-7-22)21-10-15-35(16-11-21)19-23-18-25-27(9-14-32-28(25)34(23)3)36-17-12-26-24(30(36)38)8-13-31-26/h4-7,9-10,12,14,17-18,31H,8,11,13,15-16,19H2,1-3H3/i1D3,2D3. The molecular formula is C30H32N6O2. The van der Waals surface area contributed by atoms with Crippen LogP contribution in [-0.4, -0.2) is 63.4 Å². The van der Waals surface area contributed by atoms with Crippen molar-refractivity contribution in [3.63, 3.8) is 0 Å². The Morgan fingerprint density at radius 2 is 2.00 bits per heavy atom. The summed E-state index contributed by atoms with van der Waals surface area (Å²) in [5.74, 6) is -1.06. The first-order chi connectivity index (χ1) is 20.8. The molecule has 194 valence electrons. The van der Waals surface area contributed by atoms with Crippen LogP contribution in [0.1, 0.15) is 41.8 Å². The number of anilines is 1. The van der Waals surface area contributed by atoms with Crippen LogP contribution in [0.3, 0.4) is 0 Å². The minimum absolute atomic E-state index is 0.00149. The van der Waals surface area contributed by atoms with Gasteiger partial charge in [-0.05, 0) is 54.3 Å². The first-order valence-corrected chi connectivity index (χ1v) is 12.6. The summed E-state index contributed by atoms with van der Waals surface area (Å²) in [5, 5.41) is 4.17. The van der Waals surface area contributed by atoms with Crippen molar-refractivity contribution in [1.29, 1.82) is 0 Å². The third kappa shape index (κ3) is 4.20. The van der Waals surface area contributed by atoms with Crippen LogP contribution >= 0.6 is 0 Å². The second-order valence-electron chi connectivity index (χ2n) is 9.75. The largest absolute Gasteiger partial charge is 0.384 e. The third-order valence-corrected chi connectivity index (χ3v) is 7.53. The highest BCUT2D eigenvalue weighted by molar-refractivity contribution is 5.94. The molecule has 2 aliphatic rings. The number of benzene rings is 1. The minimum Gasteiger partial charge on any atom is -0.384 e. The number of hydrogen-bond acceptors (Lipinski definition) is 5. The lowest BCUT2D eigenvalue weighted by Gasteiger charge is -2.26. The molecule has 0 aliphatic carbocycles. The zero-order chi connectivity index (χ0) is 31.4. The van der Waals surface area contributed by atoms with Gasteiger partial charge in [-0.25, -0.2) is 4.98 Å². The third-order valence-electron chi connectivity index (χ3n) is 7.53. The molecule has 0 unspecified atom stereocenters. The fourth-order valence-electron chi connectivity index (χ4n) is 5.42. The maximum absolute atomic E-state index is 13.2. The number of aryl methyl sites for hydroxylation is 1. The number of rotatable bonds is 5. The number of nitrogens with zero attached hydrogens (tertiary/aromatic N) is 5. The monoisotopic (exact) mass is 514 g/mol. The Balaban J connectivity index is 1.18. The van der Waals surface area contributed by atoms with E-state index in [2.05, 4.69) is 31.9 Å². The molecule has 8 nitrogen and oxygen atoms in total. The molecular weight excluding hydrogens is 476 g/mol. The van der Waals surface area contributed by atoms with Gasteiger partial charge in [0.2, 0.25) is 0 Å². The number of carbonyl (C=O) groups is 1. The van der Waals surface area contributed by atoms with E-state index in [0.29, 0.717) is 19.5 Å². The van der Waals surface area contributed by atoms with E-state index in [4.69, 9.17) is 8.22 Å². The van der Waals surface area contributed by atoms with Gasteiger partial charge in [0.1, 0.15) is 5.65 Å². The molecule has 0 radical (unpaired) electrons. The number of carbonyl (C=O) groups excluding carboxylic acids is 1. The quantitative estimate of drug-likeness (QED) is 0.440. The molecule has 2 aliphatic heterocycles. The molecule has 38 heavy (non-hydrogen) atoms. The lowest BCUT2D eigenvalue weighted by atomic mass is 9.98. The molecule has 6 rings (SSSR count). The van der Waals surface area contributed by atoms with Crippen LogP contribution in [-0.2, 0) is 20.0 Å². The smallest absolute Gasteiger partial charge is 0.260 e. The molecule has 1 N–H and O–H groups in total. The molecule has 0 spiro atoms. The molecule has 4 aromatic rings. The molecule has 1 aromatic carbocycles. The molecule has 8 heteroatoms. The van der Waals surface area contributed by atoms with Crippen molar-refractivity contribution in [2.75, 3.05) is 38.9 Å². The predicted octanol–water partition coefficient (Wildman–Crippen LogP) is 3.68. The van der Waals surface area contributed by atoms with Crippen LogP contribution in [0.25, 0.3) is 22.3 Å². The number of pyridine rings is 2. The van der Waals surface area contributed by atoms with Gasteiger partial charge in [-0.1, -0.05) is 18.2 Å². The fourth-order valence-corrected chi connectivity index (χ4v) is 5.42. The van der Waals surface area contributed by atoms with E-state index in [0.717, 1.165) is 64.3 Å². The van der Waals surface area contributed by atoms with Gasteiger partial charge >= 0.3 is 0 Å². The number of hydrogen-bond donors (Lipinski definition) is 1. The minimum atomic E-state index is -3.09. The van der Waals surface area contributed by atoms with Gasteiger partial charge in [0, 0.05) is 95.7 Å². The van der Waals surface area contributed by atoms with Crippen molar-refractivity contribution in [2.24, 2.45) is 7.05 Å². The highest BCUT2D eigenvalue weighted by Gasteiger charge is 2.20. The van der Waals surface area contributed by atoms with Crippen LogP contribution in [0.2, 0.25) is 0 Å². The highest BCUT2D eigenvalue weighted by atomic mass is 16.2.